The first kappa shape index (κ1) is 17.0. The van der Waals surface area contributed by atoms with Crippen molar-refractivity contribution in [3.8, 4) is 5.75 Å². The summed E-state index contributed by atoms with van der Waals surface area (Å²) in [6.07, 6.45) is -0.599. The molecule has 0 spiro atoms. The molecule has 6 heteroatoms. The number of amides is 1. The molecule has 1 amide bonds. The van der Waals surface area contributed by atoms with Gasteiger partial charge in [-0.05, 0) is 30.0 Å². The Balaban J connectivity index is 2.07. The molecule has 0 bridgehead atoms. The maximum absolute atomic E-state index is 13.0. The van der Waals surface area contributed by atoms with Crippen LogP contribution in [-0.4, -0.2) is 16.9 Å². The summed E-state index contributed by atoms with van der Waals surface area (Å²) in [4.78, 5) is 25.2. The molecule has 0 aliphatic carbocycles. The lowest BCUT2D eigenvalue weighted by Crippen LogP contribution is -2.48. The number of nitrogens with zero attached hydrogens (tertiary/aromatic N) is 2. The third kappa shape index (κ3) is 3.20. The lowest BCUT2D eigenvalue weighted by Gasteiger charge is -2.36. The first-order valence-corrected chi connectivity index (χ1v) is 8.19. The van der Waals surface area contributed by atoms with Gasteiger partial charge in [-0.15, -0.1) is 0 Å². The molecule has 1 aliphatic heterocycles. The van der Waals surface area contributed by atoms with Gasteiger partial charge in [0.2, 0.25) is 0 Å². The predicted octanol–water partition coefficient (Wildman–Crippen LogP) is 3.85. The normalized spacial score (nSPS) is 16.6. The van der Waals surface area contributed by atoms with E-state index in [-0.39, 0.29) is 17.5 Å². The minimum absolute atomic E-state index is 0.00443. The smallest absolute Gasteiger partial charge is 0.271 e. The van der Waals surface area contributed by atoms with Crippen molar-refractivity contribution in [2.75, 3.05) is 4.90 Å². The molecule has 0 fully saturated rings. The Morgan fingerprint density at radius 1 is 1.24 bits per heavy atom. The van der Waals surface area contributed by atoms with Crippen LogP contribution in [0.4, 0.5) is 11.4 Å². The largest absolute Gasteiger partial charge is 0.478 e. The van der Waals surface area contributed by atoms with E-state index in [4.69, 9.17) is 4.74 Å². The Morgan fingerprint density at radius 3 is 2.60 bits per heavy atom. The summed E-state index contributed by atoms with van der Waals surface area (Å²) in [5.74, 6) is 0.318. The van der Waals surface area contributed by atoms with Gasteiger partial charge in [-0.25, -0.2) is 0 Å². The number of fused-ring (bicyclic) bond motifs is 1. The standard InChI is InChI=1S/C19H20N2O4/c1-12(2)18-19(22)20(11-14-7-5-4-6-13(14)3)16-10-15(21(23)24)8-9-17(16)25-18/h4-10,12,18H,11H2,1-3H3. The highest BCUT2D eigenvalue weighted by Gasteiger charge is 2.37. The highest BCUT2D eigenvalue weighted by Crippen LogP contribution is 2.39. The van der Waals surface area contributed by atoms with Crippen LogP contribution in [0.1, 0.15) is 25.0 Å². The minimum atomic E-state index is -0.599. The quantitative estimate of drug-likeness (QED) is 0.626. The monoisotopic (exact) mass is 340 g/mol. The number of hydrogen-bond acceptors (Lipinski definition) is 4. The minimum Gasteiger partial charge on any atom is -0.478 e. The Bertz CT molecular complexity index is 832. The number of non-ortho nitro benzene ring substituents is 1. The first-order chi connectivity index (χ1) is 11.9. The molecule has 130 valence electrons. The van der Waals surface area contributed by atoms with Gasteiger partial charge in [-0.3, -0.25) is 14.9 Å². The summed E-state index contributed by atoms with van der Waals surface area (Å²) >= 11 is 0. The summed E-state index contributed by atoms with van der Waals surface area (Å²) in [6, 6.07) is 12.2. The number of rotatable bonds is 4. The summed E-state index contributed by atoms with van der Waals surface area (Å²) in [5.41, 5.74) is 2.44. The van der Waals surface area contributed by atoms with Crippen molar-refractivity contribution in [1.82, 2.24) is 0 Å². The van der Waals surface area contributed by atoms with Gasteiger partial charge in [0.15, 0.2) is 6.10 Å². The van der Waals surface area contributed by atoms with Crippen molar-refractivity contribution < 1.29 is 14.5 Å². The number of ether oxygens (including phenoxy) is 1. The number of nitro groups is 1. The van der Waals surface area contributed by atoms with Gasteiger partial charge in [0.1, 0.15) is 5.75 Å². The maximum Gasteiger partial charge on any atom is 0.271 e. The maximum atomic E-state index is 13.0. The van der Waals surface area contributed by atoms with Crippen LogP contribution in [0.25, 0.3) is 0 Å². The van der Waals surface area contributed by atoms with E-state index < -0.39 is 11.0 Å². The van der Waals surface area contributed by atoms with Gasteiger partial charge in [0.05, 0.1) is 17.2 Å². The fourth-order valence-corrected chi connectivity index (χ4v) is 2.93. The van der Waals surface area contributed by atoms with Gasteiger partial charge in [0, 0.05) is 12.1 Å². The lowest BCUT2D eigenvalue weighted by molar-refractivity contribution is -0.384. The van der Waals surface area contributed by atoms with Crippen LogP contribution >= 0.6 is 0 Å². The number of benzene rings is 2. The van der Waals surface area contributed by atoms with Crippen molar-refractivity contribution in [3.63, 3.8) is 0 Å². The van der Waals surface area contributed by atoms with Crippen LogP contribution in [0, 0.1) is 23.0 Å². The number of carbonyl (C=O) groups excluding carboxylic acids is 1. The average Bonchev–Trinajstić information content (AvgIpc) is 2.58. The van der Waals surface area contributed by atoms with Crippen molar-refractivity contribution in [2.24, 2.45) is 5.92 Å². The van der Waals surface area contributed by atoms with Crippen LogP contribution in [0.5, 0.6) is 5.75 Å². The molecule has 0 radical (unpaired) electrons. The molecule has 1 heterocycles. The highest BCUT2D eigenvalue weighted by atomic mass is 16.6. The SMILES string of the molecule is Cc1ccccc1CN1C(=O)C(C(C)C)Oc2ccc([N+](=O)[O-])cc21. The summed E-state index contributed by atoms with van der Waals surface area (Å²) in [7, 11) is 0. The molecule has 1 unspecified atom stereocenters. The summed E-state index contributed by atoms with van der Waals surface area (Å²) in [6.45, 7) is 6.18. The Kier molecular flexibility index (Phi) is 4.44. The van der Waals surface area contributed by atoms with E-state index in [0.717, 1.165) is 11.1 Å². The van der Waals surface area contributed by atoms with Gasteiger partial charge in [-0.1, -0.05) is 38.1 Å². The second-order valence-electron chi connectivity index (χ2n) is 6.54. The summed E-state index contributed by atoms with van der Waals surface area (Å²) in [5, 5.41) is 11.1. The van der Waals surface area contributed by atoms with Crippen LogP contribution in [-0.2, 0) is 11.3 Å². The first-order valence-electron chi connectivity index (χ1n) is 8.19. The van der Waals surface area contributed by atoms with Crippen molar-refractivity contribution in [1.29, 1.82) is 0 Å². The molecule has 0 saturated heterocycles. The zero-order valence-electron chi connectivity index (χ0n) is 14.4. The molecule has 6 nitrogen and oxygen atoms in total. The van der Waals surface area contributed by atoms with Crippen LogP contribution in [0.15, 0.2) is 42.5 Å². The lowest BCUT2D eigenvalue weighted by atomic mass is 10.0. The fraction of sp³-hybridized carbons (Fsp3) is 0.316. The second kappa shape index (κ2) is 6.55. The predicted molar refractivity (Wildman–Crippen MR) is 94.7 cm³/mol. The van der Waals surface area contributed by atoms with Gasteiger partial charge < -0.3 is 9.64 Å². The highest BCUT2D eigenvalue weighted by molar-refractivity contribution is 6.00. The molecule has 1 aliphatic rings. The van der Waals surface area contributed by atoms with Crippen molar-refractivity contribution in [3.05, 3.63) is 63.7 Å². The molecule has 0 N–H and O–H groups in total. The fourth-order valence-electron chi connectivity index (χ4n) is 2.93. The average molecular weight is 340 g/mol. The van der Waals surface area contributed by atoms with E-state index in [1.165, 1.54) is 12.1 Å². The molecule has 0 aromatic heterocycles. The molecule has 2 aromatic carbocycles. The van der Waals surface area contributed by atoms with Crippen LogP contribution < -0.4 is 9.64 Å². The number of aryl methyl sites for hydroxylation is 1. The van der Waals surface area contributed by atoms with E-state index in [1.807, 2.05) is 45.0 Å². The molecule has 0 saturated carbocycles. The zero-order valence-corrected chi connectivity index (χ0v) is 14.4. The molecular weight excluding hydrogens is 320 g/mol. The molecule has 1 atom stereocenters. The van der Waals surface area contributed by atoms with E-state index in [0.29, 0.717) is 18.0 Å². The Hall–Kier alpha value is -2.89. The van der Waals surface area contributed by atoms with Gasteiger partial charge in [0.25, 0.3) is 11.6 Å². The van der Waals surface area contributed by atoms with E-state index in [9.17, 15) is 14.9 Å². The zero-order chi connectivity index (χ0) is 18.1. The molecule has 3 rings (SSSR count). The number of anilines is 1. The number of nitro benzene ring substituents is 1. The number of hydrogen-bond donors (Lipinski definition) is 0. The second-order valence-corrected chi connectivity index (χ2v) is 6.54. The Morgan fingerprint density at radius 2 is 1.96 bits per heavy atom. The van der Waals surface area contributed by atoms with E-state index in [1.54, 1.807) is 11.0 Å². The van der Waals surface area contributed by atoms with Crippen molar-refractivity contribution >= 4 is 17.3 Å². The van der Waals surface area contributed by atoms with E-state index >= 15 is 0 Å². The topological polar surface area (TPSA) is 72.7 Å². The summed E-state index contributed by atoms with van der Waals surface area (Å²) < 4.78 is 5.82. The third-order valence-electron chi connectivity index (χ3n) is 4.40. The van der Waals surface area contributed by atoms with Gasteiger partial charge >= 0.3 is 0 Å². The number of carbonyl (C=O) groups is 1. The van der Waals surface area contributed by atoms with Gasteiger partial charge in [-0.2, -0.15) is 0 Å². The van der Waals surface area contributed by atoms with Crippen molar-refractivity contribution in [2.45, 2.75) is 33.4 Å². The Labute approximate surface area is 146 Å². The van der Waals surface area contributed by atoms with Crippen LogP contribution in [0.3, 0.4) is 0 Å². The molecule has 2 aromatic rings. The van der Waals surface area contributed by atoms with E-state index in [2.05, 4.69) is 0 Å². The molecular formula is C19H20N2O4. The third-order valence-corrected chi connectivity index (χ3v) is 4.40. The van der Waals surface area contributed by atoms with Crippen LogP contribution in [0.2, 0.25) is 0 Å². The molecule has 25 heavy (non-hydrogen) atoms.